The second-order valence-electron chi connectivity index (χ2n) is 4.68. The molecule has 1 aliphatic rings. The molecule has 0 saturated heterocycles. The number of hydrogen-bond donors (Lipinski definition) is 1. The van der Waals surface area contributed by atoms with Crippen LogP contribution in [0.25, 0.3) is 0 Å². The van der Waals surface area contributed by atoms with Crippen molar-refractivity contribution in [3.8, 4) is 0 Å². The number of amides is 1. The molecule has 2 unspecified atom stereocenters. The Kier molecular flexibility index (Phi) is 3.28. The lowest BCUT2D eigenvalue weighted by Gasteiger charge is -2.19. The van der Waals surface area contributed by atoms with E-state index >= 15 is 0 Å². The Labute approximate surface area is 97.1 Å². The second-order valence-corrected chi connectivity index (χ2v) is 4.68. The molecule has 2 nitrogen and oxygen atoms in total. The van der Waals surface area contributed by atoms with E-state index in [0.29, 0.717) is 5.92 Å². The van der Waals surface area contributed by atoms with Gasteiger partial charge in [0.15, 0.2) is 0 Å². The van der Waals surface area contributed by atoms with E-state index in [4.69, 9.17) is 0 Å². The van der Waals surface area contributed by atoms with Gasteiger partial charge in [-0.25, -0.2) is 0 Å². The lowest BCUT2D eigenvalue weighted by atomic mass is 9.87. The first-order valence-electron chi connectivity index (χ1n) is 6.11. The Morgan fingerprint density at radius 3 is 2.94 bits per heavy atom. The molecule has 0 saturated carbocycles. The molecule has 86 valence electrons. The van der Waals surface area contributed by atoms with Crippen molar-refractivity contribution in [1.82, 2.24) is 0 Å². The van der Waals surface area contributed by atoms with Crippen molar-refractivity contribution in [3.05, 3.63) is 29.8 Å². The van der Waals surface area contributed by atoms with Gasteiger partial charge < -0.3 is 5.32 Å². The highest BCUT2D eigenvalue weighted by Gasteiger charge is 2.26. The number of carbonyl (C=O) groups excluding carboxylic acids is 1. The van der Waals surface area contributed by atoms with Gasteiger partial charge in [0, 0.05) is 11.6 Å². The third-order valence-electron chi connectivity index (χ3n) is 3.67. The van der Waals surface area contributed by atoms with Gasteiger partial charge >= 0.3 is 0 Å². The summed E-state index contributed by atoms with van der Waals surface area (Å²) >= 11 is 0. The van der Waals surface area contributed by atoms with Crippen molar-refractivity contribution < 1.29 is 4.79 Å². The van der Waals surface area contributed by atoms with Crippen LogP contribution in [0, 0.1) is 11.8 Å². The molecule has 0 radical (unpaired) electrons. The van der Waals surface area contributed by atoms with Crippen LogP contribution in [0.5, 0.6) is 0 Å². The molecule has 2 heteroatoms. The maximum absolute atomic E-state index is 12.1. The molecule has 0 bridgehead atoms. The summed E-state index contributed by atoms with van der Waals surface area (Å²) in [6.45, 7) is 4.32. The van der Waals surface area contributed by atoms with Crippen molar-refractivity contribution in [2.45, 2.75) is 33.1 Å². The van der Waals surface area contributed by atoms with Gasteiger partial charge in [-0.15, -0.1) is 0 Å². The van der Waals surface area contributed by atoms with Crippen LogP contribution in [0.3, 0.4) is 0 Å². The van der Waals surface area contributed by atoms with E-state index in [0.717, 1.165) is 24.9 Å². The number of nitrogens with one attached hydrogen (secondary N) is 1. The first-order chi connectivity index (χ1) is 7.72. The van der Waals surface area contributed by atoms with E-state index in [9.17, 15) is 4.79 Å². The highest BCUT2D eigenvalue weighted by Crippen LogP contribution is 2.29. The minimum absolute atomic E-state index is 0.164. The summed E-state index contributed by atoms with van der Waals surface area (Å²) in [6.07, 6.45) is 3.04. The topological polar surface area (TPSA) is 29.1 Å². The summed E-state index contributed by atoms with van der Waals surface area (Å²) in [4.78, 5) is 12.1. The molecule has 2 atom stereocenters. The SMILES string of the molecule is CCC(C)C1CCc2ccccc2NC1=O. The van der Waals surface area contributed by atoms with E-state index in [2.05, 4.69) is 25.2 Å². The predicted octanol–water partition coefficient (Wildman–Crippen LogP) is 3.23. The fourth-order valence-corrected chi connectivity index (χ4v) is 2.36. The summed E-state index contributed by atoms with van der Waals surface area (Å²) in [5.74, 6) is 0.825. The Balaban J connectivity index is 2.22. The Morgan fingerprint density at radius 1 is 1.44 bits per heavy atom. The summed E-state index contributed by atoms with van der Waals surface area (Å²) in [7, 11) is 0. The van der Waals surface area contributed by atoms with Gasteiger partial charge in [0.25, 0.3) is 0 Å². The lowest BCUT2D eigenvalue weighted by molar-refractivity contribution is -0.121. The van der Waals surface area contributed by atoms with Gasteiger partial charge in [-0.2, -0.15) is 0 Å². The zero-order valence-corrected chi connectivity index (χ0v) is 9.99. The molecule has 1 aromatic carbocycles. The van der Waals surface area contributed by atoms with Gasteiger partial charge in [-0.1, -0.05) is 38.5 Å². The number of fused-ring (bicyclic) bond motifs is 1. The lowest BCUT2D eigenvalue weighted by Crippen LogP contribution is -2.26. The zero-order chi connectivity index (χ0) is 11.5. The molecule has 1 aromatic rings. The molecule has 2 rings (SSSR count). The second kappa shape index (κ2) is 4.69. The number of aryl methyl sites for hydroxylation is 1. The molecule has 16 heavy (non-hydrogen) atoms. The van der Waals surface area contributed by atoms with Crippen molar-refractivity contribution in [2.75, 3.05) is 5.32 Å². The van der Waals surface area contributed by atoms with Gasteiger partial charge in [0.2, 0.25) is 5.91 Å². The van der Waals surface area contributed by atoms with Crippen LogP contribution in [-0.4, -0.2) is 5.91 Å². The summed E-state index contributed by atoms with van der Waals surface area (Å²) < 4.78 is 0. The van der Waals surface area contributed by atoms with Crippen LogP contribution in [0.4, 0.5) is 5.69 Å². The minimum atomic E-state index is 0.164. The van der Waals surface area contributed by atoms with E-state index in [-0.39, 0.29) is 11.8 Å². The number of rotatable bonds is 2. The van der Waals surface area contributed by atoms with Crippen molar-refractivity contribution >= 4 is 11.6 Å². The molecule has 1 amide bonds. The first-order valence-corrected chi connectivity index (χ1v) is 6.11. The highest BCUT2D eigenvalue weighted by molar-refractivity contribution is 5.94. The van der Waals surface area contributed by atoms with Crippen molar-refractivity contribution in [2.24, 2.45) is 11.8 Å². The highest BCUT2D eigenvalue weighted by atomic mass is 16.1. The molecule has 0 fully saturated rings. The van der Waals surface area contributed by atoms with Gasteiger partial charge in [0.05, 0.1) is 0 Å². The van der Waals surface area contributed by atoms with Crippen LogP contribution in [0.2, 0.25) is 0 Å². The van der Waals surface area contributed by atoms with Crippen LogP contribution < -0.4 is 5.32 Å². The first kappa shape index (κ1) is 11.2. The van der Waals surface area contributed by atoms with Crippen molar-refractivity contribution in [3.63, 3.8) is 0 Å². The summed E-state index contributed by atoms with van der Waals surface area (Å²) in [5, 5.41) is 3.05. The third-order valence-corrected chi connectivity index (χ3v) is 3.67. The Bertz CT molecular complexity index is 386. The van der Waals surface area contributed by atoms with Crippen LogP contribution in [-0.2, 0) is 11.2 Å². The zero-order valence-electron chi connectivity index (χ0n) is 9.99. The number of para-hydroxylation sites is 1. The molecule has 1 N–H and O–H groups in total. The minimum Gasteiger partial charge on any atom is -0.326 e. The van der Waals surface area contributed by atoms with Gasteiger partial charge in [-0.05, 0) is 30.4 Å². The molecule has 0 spiro atoms. The number of hydrogen-bond acceptors (Lipinski definition) is 1. The van der Waals surface area contributed by atoms with E-state index < -0.39 is 0 Å². The standard InChI is InChI=1S/C14H19NO/c1-3-10(2)12-9-8-11-6-4-5-7-13(11)15-14(12)16/h4-7,10,12H,3,8-9H2,1-2H3,(H,15,16). The van der Waals surface area contributed by atoms with E-state index in [1.807, 2.05) is 18.2 Å². The smallest absolute Gasteiger partial charge is 0.227 e. The van der Waals surface area contributed by atoms with Crippen LogP contribution in [0.15, 0.2) is 24.3 Å². The maximum Gasteiger partial charge on any atom is 0.227 e. The molecule has 1 aliphatic heterocycles. The quantitative estimate of drug-likeness (QED) is 0.809. The number of anilines is 1. The van der Waals surface area contributed by atoms with Gasteiger partial charge in [-0.3, -0.25) is 4.79 Å². The normalized spacial score (nSPS) is 21.9. The summed E-state index contributed by atoms with van der Waals surface area (Å²) in [6, 6.07) is 8.11. The van der Waals surface area contributed by atoms with Crippen LogP contribution in [0.1, 0.15) is 32.3 Å². The maximum atomic E-state index is 12.1. The van der Waals surface area contributed by atoms with E-state index in [1.165, 1.54) is 5.56 Å². The molecule has 0 aromatic heterocycles. The number of carbonyl (C=O) groups is 1. The van der Waals surface area contributed by atoms with Gasteiger partial charge in [0.1, 0.15) is 0 Å². The monoisotopic (exact) mass is 217 g/mol. The molecule has 0 aliphatic carbocycles. The molecule has 1 heterocycles. The van der Waals surface area contributed by atoms with Crippen molar-refractivity contribution in [1.29, 1.82) is 0 Å². The fraction of sp³-hybridized carbons (Fsp3) is 0.500. The average Bonchev–Trinajstić information content (AvgIpc) is 2.46. The fourth-order valence-electron chi connectivity index (χ4n) is 2.36. The Hall–Kier alpha value is -1.31. The molecular weight excluding hydrogens is 198 g/mol. The number of benzene rings is 1. The van der Waals surface area contributed by atoms with E-state index in [1.54, 1.807) is 0 Å². The molecular formula is C14H19NO. The third kappa shape index (κ3) is 2.11. The summed E-state index contributed by atoms with van der Waals surface area (Å²) in [5.41, 5.74) is 2.26. The predicted molar refractivity (Wildman–Crippen MR) is 66.3 cm³/mol. The Morgan fingerprint density at radius 2 is 2.19 bits per heavy atom. The average molecular weight is 217 g/mol. The largest absolute Gasteiger partial charge is 0.326 e. The van der Waals surface area contributed by atoms with Crippen LogP contribution >= 0.6 is 0 Å².